The summed E-state index contributed by atoms with van der Waals surface area (Å²) in [6.45, 7) is 0. The minimum atomic E-state index is -0.218. The minimum Gasteiger partial charge on any atom is -0.595 e. The van der Waals surface area contributed by atoms with Crippen molar-refractivity contribution in [3.05, 3.63) is 17.5 Å². The number of rotatable bonds is 0. The Kier molecular flexibility index (Phi) is 3.09. The first-order valence-corrected chi connectivity index (χ1v) is 3.73. The first kappa shape index (κ1) is 9.96. The molecule has 0 aromatic carbocycles. The maximum atomic E-state index is 11.0. The van der Waals surface area contributed by atoms with E-state index in [2.05, 4.69) is 5.32 Å². The van der Waals surface area contributed by atoms with Gasteiger partial charge in [0.15, 0.2) is 0 Å². The topological polar surface area (TPSA) is 48.2 Å². The van der Waals surface area contributed by atoms with Gasteiger partial charge in [-0.25, -0.2) is 0 Å². The Morgan fingerprint density at radius 1 is 1.08 bits per heavy atom. The van der Waals surface area contributed by atoms with E-state index in [1.165, 1.54) is 0 Å². The zero-order valence-electron chi connectivity index (χ0n) is 6.99. The van der Waals surface area contributed by atoms with Gasteiger partial charge in [-0.1, -0.05) is 12.2 Å². The van der Waals surface area contributed by atoms with Crippen molar-refractivity contribution in [1.29, 1.82) is 0 Å². The molecule has 0 bridgehead atoms. The van der Waals surface area contributed by atoms with Crippen LogP contribution in [-0.4, -0.2) is 11.8 Å². The summed E-state index contributed by atoms with van der Waals surface area (Å²) in [5.74, 6) is -0.700. The molecule has 1 fully saturated rings. The summed E-state index contributed by atoms with van der Waals surface area (Å²) >= 11 is 0. The van der Waals surface area contributed by atoms with Crippen molar-refractivity contribution in [2.45, 2.75) is 12.8 Å². The van der Waals surface area contributed by atoms with Crippen LogP contribution in [0.4, 0.5) is 0 Å². The van der Waals surface area contributed by atoms with Crippen LogP contribution in [0.2, 0.25) is 0 Å². The zero-order chi connectivity index (χ0) is 7.84. The molecular weight excluding hydrogens is 165 g/mol. The van der Waals surface area contributed by atoms with E-state index >= 15 is 0 Å². The molecule has 2 rings (SSSR count). The molecule has 1 aliphatic carbocycles. The maximum Gasteiger partial charge on any atom is 1.00 e. The third-order valence-electron chi connectivity index (χ3n) is 2.29. The molecule has 0 radical (unpaired) electrons. The number of fused-ring (bicyclic) bond motifs is 1. The van der Waals surface area contributed by atoms with E-state index in [-0.39, 0.29) is 53.2 Å². The monoisotopic (exact) mass is 173 g/mol. The quantitative estimate of drug-likeness (QED) is 0.242. The molecular formula is C8H8NNaO2. The summed E-state index contributed by atoms with van der Waals surface area (Å²) in [4.78, 5) is 22.0. The number of nitrogens with zero attached hydrogens (tertiary/aromatic N) is 1. The first-order valence-electron chi connectivity index (χ1n) is 3.73. The van der Waals surface area contributed by atoms with Gasteiger partial charge in [-0.3, -0.25) is 0 Å². The van der Waals surface area contributed by atoms with Gasteiger partial charge in [0, 0.05) is 11.8 Å². The summed E-state index contributed by atoms with van der Waals surface area (Å²) < 4.78 is 0. The molecule has 0 spiro atoms. The summed E-state index contributed by atoms with van der Waals surface area (Å²) in [6, 6.07) is 0. The largest absolute Gasteiger partial charge is 1.00 e. The van der Waals surface area contributed by atoms with Crippen molar-refractivity contribution in [2.75, 3.05) is 0 Å². The van der Waals surface area contributed by atoms with E-state index in [0.717, 1.165) is 0 Å². The normalized spacial score (nSPS) is 32.3. The van der Waals surface area contributed by atoms with Gasteiger partial charge in [-0.05, 0) is 12.8 Å². The minimum absolute atomic E-state index is 0. The summed E-state index contributed by atoms with van der Waals surface area (Å²) in [6.07, 6.45) is 5.29. The summed E-state index contributed by atoms with van der Waals surface area (Å²) in [5.41, 5.74) is 0. The van der Waals surface area contributed by atoms with Crippen LogP contribution in [0, 0.1) is 11.8 Å². The second-order valence-corrected chi connectivity index (χ2v) is 2.94. The molecule has 1 aliphatic heterocycles. The Bertz CT molecular complexity index is 225. The van der Waals surface area contributed by atoms with Crippen molar-refractivity contribution in [2.24, 2.45) is 11.8 Å². The van der Waals surface area contributed by atoms with Gasteiger partial charge in [0.1, 0.15) is 0 Å². The van der Waals surface area contributed by atoms with Gasteiger partial charge < -0.3 is 14.9 Å². The number of hydrogen-bond donors (Lipinski definition) is 0. The number of imide groups is 1. The number of hydrogen-bond acceptors (Lipinski definition) is 2. The van der Waals surface area contributed by atoms with Gasteiger partial charge in [-0.2, -0.15) is 0 Å². The molecule has 2 amide bonds. The van der Waals surface area contributed by atoms with Gasteiger partial charge in [0.25, 0.3) is 0 Å². The molecule has 0 saturated carbocycles. The molecule has 2 unspecified atom stereocenters. The molecule has 3 nitrogen and oxygen atoms in total. The average Bonchev–Trinajstić information content (AvgIpc) is 2.30. The van der Waals surface area contributed by atoms with Gasteiger partial charge in [0.05, 0.1) is 11.8 Å². The standard InChI is InChI=1S/C8H9NO2.Na/c10-7-5-3-1-2-4-6(5)8(11)9-7;/h1-2,5-6H,3-4H2,(H,9,10,11);/q;+1/p-1. The molecule has 0 N–H and O–H groups in total. The Labute approximate surface area is 92.9 Å². The van der Waals surface area contributed by atoms with Gasteiger partial charge in [-0.15, -0.1) is 0 Å². The molecule has 58 valence electrons. The van der Waals surface area contributed by atoms with E-state index in [1.54, 1.807) is 0 Å². The Hall–Kier alpha value is -0.120. The van der Waals surface area contributed by atoms with Crippen LogP contribution in [-0.2, 0) is 9.59 Å². The smallest absolute Gasteiger partial charge is 0.595 e. The average molecular weight is 173 g/mol. The third kappa shape index (κ3) is 1.49. The predicted octanol–water partition coefficient (Wildman–Crippen LogP) is -1.99. The van der Waals surface area contributed by atoms with Crippen LogP contribution in [0.5, 0.6) is 0 Å². The predicted molar refractivity (Wildman–Crippen MR) is 38.7 cm³/mol. The fraction of sp³-hybridized carbons (Fsp3) is 0.500. The van der Waals surface area contributed by atoms with Crippen molar-refractivity contribution >= 4 is 11.8 Å². The Morgan fingerprint density at radius 2 is 1.50 bits per heavy atom. The molecule has 1 heterocycles. The fourth-order valence-corrected chi connectivity index (χ4v) is 1.63. The SMILES string of the molecule is O=C1[N-]C(=O)C2CC=CCC12.[Na+]. The van der Waals surface area contributed by atoms with Crippen molar-refractivity contribution in [3.8, 4) is 0 Å². The maximum absolute atomic E-state index is 11.0. The van der Waals surface area contributed by atoms with Crippen LogP contribution < -0.4 is 29.6 Å². The van der Waals surface area contributed by atoms with E-state index in [1.807, 2.05) is 12.2 Å². The molecule has 1 saturated heterocycles. The molecule has 2 atom stereocenters. The second-order valence-electron chi connectivity index (χ2n) is 2.94. The third-order valence-corrected chi connectivity index (χ3v) is 2.29. The fourth-order valence-electron chi connectivity index (χ4n) is 1.63. The van der Waals surface area contributed by atoms with Crippen molar-refractivity contribution in [1.82, 2.24) is 0 Å². The molecule has 12 heavy (non-hydrogen) atoms. The number of allylic oxidation sites excluding steroid dienone is 2. The molecule has 0 aromatic heterocycles. The van der Waals surface area contributed by atoms with Crippen molar-refractivity contribution in [3.63, 3.8) is 0 Å². The Balaban J connectivity index is 0.000000720. The number of carbonyl (C=O) groups is 2. The van der Waals surface area contributed by atoms with E-state index in [4.69, 9.17) is 0 Å². The molecule has 4 heteroatoms. The first-order chi connectivity index (χ1) is 5.29. The number of amides is 2. The van der Waals surface area contributed by atoms with E-state index in [0.29, 0.717) is 12.8 Å². The van der Waals surface area contributed by atoms with Crippen molar-refractivity contribution < 1.29 is 39.1 Å². The molecule has 0 aromatic rings. The summed E-state index contributed by atoms with van der Waals surface area (Å²) in [5, 5.41) is 3.42. The second kappa shape index (κ2) is 3.73. The van der Waals surface area contributed by atoms with Crippen LogP contribution in [0.1, 0.15) is 12.8 Å². The molecule has 2 aliphatic rings. The van der Waals surface area contributed by atoms with Crippen LogP contribution in [0.25, 0.3) is 5.32 Å². The Morgan fingerprint density at radius 3 is 1.92 bits per heavy atom. The van der Waals surface area contributed by atoms with Gasteiger partial charge >= 0.3 is 29.6 Å². The van der Waals surface area contributed by atoms with Gasteiger partial charge in [0.2, 0.25) is 0 Å². The summed E-state index contributed by atoms with van der Waals surface area (Å²) in [7, 11) is 0. The van der Waals surface area contributed by atoms with Crippen LogP contribution >= 0.6 is 0 Å². The van der Waals surface area contributed by atoms with Crippen LogP contribution in [0.15, 0.2) is 12.2 Å². The van der Waals surface area contributed by atoms with Crippen LogP contribution in [0.3, 0.4) is 0 Å². The van der Waals surface area contributed by atoms with E-state index in [9.17, 15) is 9.59 Å². The van der Waals surface area contributed by atoms with E-state index < -0.39 is 0 Å². The zero-order valence-corrected chi connectivity index (χ0v) is 8.99. The number of carbonyl (C=O) groups excluding carboxylic acids is 2.